The molecule has 1 N–H and O–H groups in total. The Kier molecular flexibility index (Phi) is 2.07. The van der Waals surface area contributed by atoms with Crippen LogP contribution >= 0.6 is 0 Å². The van der Waals surface area contributed by atoms with E-state index in [1.807, 2.05) is 29.1 Å². The van der Waals surface area contributed by atoms with Gasteiger partial charge in [-0.3, -0.25) is 0 Å². The predicted octanol–water partition coefficient (Wildman–Crippen LogP) is 1.94. The highest BCUT2D eigenvalue weighted by atomic mass is 16.3. The second-order valence-electron chi connectivity index (χ2n) is 4.52. The van der Waals surface area contributed by atoms with Crippen molar-refractivity contribution in [3.8, 4) is 5.69 Å². The Hall–Kier alpha value is -1.61. The number of nitrogens with zero attached hydrogens (tertiary/aromatic N) is 2. The summed E-state index contributed by atoms with van der Waals surface area (Å²) in [5.74, 6) is 0. The van der Waals surface area contributed by atoms with Gasteiger partial charge in [0.05, 0.1) is 11.3 Å². The quantitative estimate of drug-likeness (QED) is 0.848. The van der Waals surface area contributed by atoms with Gasteiger partial charge in [0.2, 0.25) is 0 Å². The molecule has 82 valence electrons. The lowest BCUT2D eigenvalue weighted by Gasteiger charge is -2.08. The molecular formula is C13H14N2O. The molecular weight excluding hydrogens is 200 g/mol. The van der Waals surface area contributed by atoms with E-state index in [0.717, 1.165) is 24.9 Å². The topological polar surface area (TPSA) is 38.0 Å². The van der Waals surface area contributed by atoms with Crippen molar-refractivity contribution in [2.24, 2.45) is 0 Å². The second-order valence-corrected chi connectivity index (χ2v) is 4.52. The van der Waals surface area contributed by atoms with Gasteiger partial charge in [-0.25, -0.2) is 4.68 Å². The molecule has 1 aliphatic rings. The van der Waals surface area contributed by atoms with Crippen LogP contribution in [0.5, 0.6) is 0 Å². The van der Waals surface area contributed by atoms with E-state index in [1.165, 1.54) is 5.56 Å². The molecule has 0 aliphatic heterocycles. The minimum absolute atomic E-state index is 0.410. The van der Waals surface area contributed by atoms with Gasteiger partial charge in [-0.2, -0.15) is 5.10 Å². The average Bonchev–Trinajstić information content (AvgIpc) is 2.83. The number of hydrogen-bond donors (Lipinski definition) is 1. The Morgan fingerprint density at radius 1 is 1.25 bits per heavy atom. The van der Waals surface area contributed by atoms with Crippen molar-refractivity contribution in [1.82, 2.24) is 9.78 Å². The summed E-state index contributed by atoms with van der Waals surface area (Å²) in [6.07, 6.45) is 6.33. The predicted molar refractivity (Wildman–Crippen MR) is 61.5 cm³/mol. The lowest BCUT2D eigenvalue weighted by molar-refractivity contribution is 0.151. The molecule has 1 fully saturated rings. The Morgan fingerprint density at radius 3 is 2.56 bits per heavy atom. The molecule has 0 unspecified atom stereocenters. The van der Waals surface area contributed by atoms with Crippen LogP contribution in [0.25, 0.3) is 5.69 Å². The van der Waals surface area contributed by atoms with Crippen LogP contribution in [0.2, 0.25) is 0 Å². The van der Waals surface area contributed by atoms with Crippen LogP contribution in [0.1, 0.15) is 18.4 Å². The first-order chi connectivity index (χ1) is 7.75. The van der Waals surface area contributed by atoms with E-state index in [4.69, 9.17) is 0 Å². The molecule has 16 heavy (non-hydrogen) atoms. The lowest BCUT2D eigenvalue weighted by Crippen LogP contribution is -2.10. The van der Waals surface area contributed by atoms with Gasteiger partial charge in [0.1, 0.15) is 0 Å². The monoisotopic (exact) mass is 214 g/mol. The minimum atomic E-state index is -0.410. The van der Waals surface area contributed by atoms with Gasteiger partial charge in [0, 0.05) is 18.8 Å². The third-order valence-corrected chi connectivity index (χ3v) is 3.07. The fourth-order valence-electron chi connectivity index (χ4n) is 1.89. The molecule has 0 atom stereocenters. The highest BCUT2D eigenvalue weighted by Crippen LogP contribution is 2.38. The van der Waals surface area contributed by atoms with Crippen LogP contribution in [0.4, 0.5) is 0 Å². The molecule has 1 heterocycles. The molecule has 2 aromatic rings. The van der Waals surface area contributed by atoms with E-state index in [1.54, 1.807) is 6.20 Å². The smallest absolute Gasteiger partial charge is 0.0690 e. The molecule has 1 saturated carbocycles. The zero-order valence-corrected chi connectivity index (χ0v) is 9.00. The van der Waals surface area contributed by atoms with E-state index in [9.17, 15) is 5.11 Å². The van der Waals surface area contributed by atoms with Crippen molar-refractivity contribution in [3.05, 3.63) is 48.3 Å². The summed E-state index contributed by atoms with van der Waals surface area (Å²) < 4.78 is 1.83. The first-order valence-corrected chi connectivity index (χ1v) is 5.57. The fourth-order valence-corrected chi connectivity index (χ4v) is 1.89. The van der Waals surface area contributed by atoms with Crippen LogP contribution in [-0.2, 0) is 6.42 Å². The fraction of sp³-hybridized carbons (Fsp3) is 0.308. The van der Waals surface area contributed by atoms with E-state index in [-0.39, 0.29) is 0 Å². The van der Waals surface area contributed by atoms with Crippen molar-refractivity contribution in [3.63, 3.8) is 0 Å². The lowest BCUT2D eigenvalue weighted by atomic mass is 10.1. The van der Waals surface area contributed by atoms with Gasteiger partial charge in [-0.05, 0) is 36.6 Å². The molecule has 1 aromatic heterocycles. The SMILES string of the molecule is OC1(Cc2ccc(-n3cccn3)cc2)CC1. The van der Waals surface area contributed by atoms with Crippen molar-refractivity contribution < 1.29 is 5.11 Å². The Bertz CT molecular complexity index is 469. The van der Waals surface area contributed by atoms with Crippen LogP contribution in [0.3, 0.4) is 0 Å². The molecule has 0 radical (unpaired) electrons. The number of aromatic nitrogens is 2. The third-order valence-electron chi connectivity index (χ3n) is 3.07. The normalized spacial score (nSPS) is 17.3. The van der Waals surface area contributed by atoms with Gasteiger partial charge in [-0.15, -0.1) is 0 Å². The van der Waals surface area contributed by atoms with E-state index in [2.05, 4.69) is 17.2 Å². The second kappa shape index (κ2) is 3.46. The maximum Gasteiger partial charge on any atom is 0.0690 e. The minimum Gasteiger partial charge on any atom is -0.390 e. The van der Waals surface area contributed by atoms with Crippen LogP contribution in [0.15, 0.2) is 42.7 Å². The van der Waals surface area contributed by atoms with Gasteiger partial charge in [-0.1, -0.05) is 12.1 Å². The molecule has 3 rings (SSSR count). The van der Waals surface area contributed by atoms with Crippen molar-refractivity contribution in [2.45, 2.75) is 24.9 Å². The summed E-state index contributed by atoms with van der Waals surface area (Å²) in [6.45, 7) is 0. The maximum absolute atomic E-state index is 9.82. The van der Waals surface area contributed by atoms with Crippen LogP contribution < -0.4 is 0 Å². The van der Waals surface area contributed by atoms with Gasteiger partial charge < -0.3 is 5.11 Å². The van der Waals surface area contributed by atoms with Gasteiger partial charge >= 0.3 is 0 Å². The summed E-state index contributed by atoms with van der Waals surface area (Å²) in [6, 6.07) is 10.1. The largest absolute Gasteiger partial charge is 0.390 e. The number of aliphatic hydroxyl groups is 1. The Balaban J connectivity index is 1.80. The molecule has 0 spiro atoms. The molecule has 0 saturated heterocycles. The van der Waals surface area contributed by atoms with Crippen molar-refractivity contribution in [2.75, 3.05) is 0 Å². The molecule has 0 bridgehead atoms. The summed E-state index contributed by atoms with van der Waals surface area (Å²) in [4.78, 5) is 0. The van der Waals surface area contributed by atoms with E-state index >= 15 is 0 Å². The number of hydrogen-bond acceptors (Lipinski definition) is 2. The van der Waals surface area contributed by atoms with E-state index < -0.39 is 5.60 Å². The van der Waals surface area contributed by atoms with Crippen molar-refractivity contribution >= 4 is 0 Å². The zero-order chi connectivity index (χ0) is 11.0. The first kappa shape index (κ1) is 9.60. The molecule has 3 nitrogen and oxygen atoms in total. The average molecular weight is 214 g/mol. The first-order valence-electron chi connectivity index (χ1n) is 5.57. The highest BCUT2D eigenvalue weighted by molar-refractivity contribution is 5.34. The zero-order valence-electron chi connectivity index (χ0n) is 9.00. The summed E-state index contributed by atoms with van der Waals surface area (Å²) in [7, 11) is 0. The summed E-state index contributed by atoms with van der Waals surface area (Å²) in [5.41, 5.74) is 1.83. The van der Waals surface area contributed by atoms with Gasteiger partial charge in [0.25, 0.3) is 0 Å². The van der Waals surface area contributed by atoms with Crippen LogP contribution in [-0.4, -0.2) is 20.5 Å². The molecule has 3 heteroatoms. The maximum atomic E-state index is 9.82. The molecule has 1 aromatic carbocycles. The standard InChI is InChI=1S/C13H14N2O/c16-13(6-7-13)10-11-2-4-12(5-3-11)15-9-1-8-14-15/h1-5,8-9,16H,6-7,10H2. The Morgan fingerprint density at radius 2 is 2.00 bits per heavy atom. The van der Waals surface area contributed by atoms with Crippen molar-refractivity contribution in [1.29, 1.82) is 0 Å². The van der Waals surface area contributed by atoms with Gasteiger partial charge in [0.15, 0.2) is 0 Å². The third kappa shape index (κ3) is 1.86. The van der Waals surface area contributed by atoms with E-state index in [0.29, 0.717) is 0 Å². The summed E-state index contributed by atoms with van der Waals surface area (Å²) >= 11 is 0. The number of rotatable bonds is 3. The summed E-state index contributed by atoms with van der Waals surface area (Å²) in [5, 5.41) is 14.0. The highest BCUT2D eigenvalue weighted by Gasteiger charge is 2.39. The van der Waals surface area contributed by atoms with Crippen LogP contribution in [0, 0.1) is 0 Å². The number of benzene rings is 1. The molecule has 1 aliphatic carbocycles. The molecule has 0 amide bonds. The Labute approximate surface area is 94.3 Å².